The average molecular weight is 490 g/mol. The van der Waals surface area contributed by atoms with Gasteiger partial charge in [-0.15, -0.1) is 0 Å². The monoisotopic (exact) mass is 489 g/mol. The van der Waals surface area contributed by atoms with Crippen LogP contribution in [0.5, 0.6) is 0 Å². The normalized spacial score (nSPS) is 15.2. The molecule has 1 saturated heterocycles. The predicted molar refractivity (Wildman–Crippen MR) is 134 cm³/mol. The lowest BCUT2D eigenvalue weighted by Crippen LogP contribution is -2.44. The molecule has 5 rings (SSSR count). The lowest BCUT2D eigenvalue weighted by Gasteiger charge is -2.32. The summed E-state index contributed by atoms with van der Waals surface area (Å²) in [6.07, 6.45) is -2.75. The number of fused-ring (bicyclic) bond motifs is 1. The van der Waals surface area contributed by atoms with Crippen molar-refractivity contribution in [1.29, 1.82) is 0 Å². The summed E-state index contributed by atoms with van der Waals surface area (Å²) in [5, 5.41) is 4.25. The van der Waals surface area contributed by atoms with E-state index in [4.69, 9.17) is 4.98 Å². The largest absolute Gasteiger partial charge is 0.416 e. The van der Waals surface area contributed by atoms with Crippen LogP contribution in [0.4, 0.5) is 13.2 Å². The van der Waals surface area contributed by atoms with E-state index in [1.54, 1.807) is 24.3 Å². The second-order valence-corrected chi connectivity index (χ2v) is 9.14. The summed E-state index contributed by atoms with van der Waals surface area (Å²) in [5.41, 5.74) is 2.96. The molecule has 1 amide bonds. The molecule has 1 aliphatic rings. The molecule has 0 unspecified atom stereocenters. The van der Waals surface area contributed by atoms with Gasteiger partial charge in [0.2, 0.25) is 0 Å². The molecule has 0 radical (unpaired) electrons. The van der Waals surface area contributed by atoms with Crippen LogP contribution in [0.3, 0.4) is 0 Å². The number of pyridine rings is 1. The summed E-state index contributed by atoms with van der Waals surface area (Å²) in [4.78, 5) is 20.2. The van der Waals surface area contributed by atoms with E-state index in [1.165, 1.54) is 12.1 Å². The Kier molecular flexibility index (Phi) is 6.74. The van der Waals surface area contributed by atoms with Crippen molar-refractivity contribution in [1.82, 2.24) is 15.2 Å². The lowest BCUT2D eigenvalue weighted by molar-refractivity contribution is -0.137. The molecule has 1 fully saturated rings. The number of hydrogen-bond acceptors (Lipinski definition) is 3. The fourth-order valence-corrected chi connectivity index (χ4v) is 4.70. The molecule has 184 valence electrons. The number of para-hydroxylation sites is 1. The molecule has 1 N–H and O–H groups in total. The first kappa shape index (κ1) is 24.0. The number of alkyl halides is 3. The fraction of sp³-hybridized carbons (Fsp3) is 0.241. The molecular formula is C29H26F3N3O. The number of benzene rings is 3. The summed E-state index contributed by atoms with van der Waals surface area (Å²) < 4.78 is 38.8. The number of hydrogen-bond donors (Lipinski definition) is 1. The molecule has 4 nitrogen and oxygen atoms in total. The molecule has 0 aliphatic carbocycles. The zero-order valence-corrected chi connectivity index (χ0v) is 19.6. The number of rotatable bonds is 5. The van der Waals surface area contributed by atoms with E-state index in [9.17, 15) is 18.0 Å². The molecule has 0 spiro atoms. The number of nitrogens with one attached hydrogen (secondary N) is 1. The third kappa shape index (κ3) is 5.41. The van der Waals surface area contributed by atoms with Crippen LogP contribution in [-0.2, 0) is 12.7 Å². The van der Waals surface area contributed by atoms with Gasteiger partial charge in [-0.3, -0.25) is 14.7 Å². The van der Waals surface area contributed by atoms with Crippen molar-refractivity contribution >= 4 is 16.8 Å². The Morgan fingerprint density at radius 2 is 1.58 bits per heavy atom. The van der Waals surface area contributed by atoms with Crippen LogP contribution in [-0.4, -0.2) is 34.9 Å². The molecule has 4 aromatic rings. The first-order chi connectivity index (χ1) is 17.4. The maximum atomic E-state index is 13.1. The molecule has 7 heteroatoms. The van der Waals surface area contributed by atoms with E-state index in [2.05, 4.69) is 28.4 Å². The summed E-state index contributed by atoms with van der Waals surface area (Å²) in [5.74, 6) is -0.208. The highest BCUT2D eigenvalue weighted by Gasteiger charge is 2.30. The first-order valence-electron chi connectivity index (χ1n) is 12.0. The number of piperidine rings is 1. The zero-order valence-electron chi connectivity index (χ0n) is 19.6. The number of amides is 1. The van der Waals surface area contributed by atoms with E-state index in [0.29, 0.717) is 16.7 Å². The minimum absolute atomic E-state index is 0.0407. The molecule has 1 aromatic heterocycles. The van der Waals surface area contributed by atoms with Crippen molar-refractivity contribution < 1.29 is 18.0 Å². The number of nitrogens with zero attached hydrogens (tertiary/aromatic N) is 2. The maximum absolute atomic E-state index is 13.1. The minimum Gasteiger partial charge on any atom is -0.349 e. The number of aromatic nitrogens is 1. The Balaban J connectivity index is 1.20. The van der Waals surface area contributed by atoms with Crippen LogP contribution < -0.4 is 5.32 Å². The average Bonchev–Trinajstić information content (AvgIpc) is 2.89. The quantitative estimate of drug-likeness (QED) is 0.357. The molecule has 3 aromatic carbocycles. The molecule has 36 heavy (non-hydrogen) atoms. The Labute approximate surface area is 207 Å². The fourth-order valence-electron chi connectivity index (χ4n) is 4.70. The highest BCUT2D eigenvalue weighted by molar-refractivity contribution is 6.01. The van der Waals surface area contributed by atoms with Crippen molar-refractivity contribution in [3.05, 3.63) is 102 Å². The van der Waals surface area contributed by atoms with Crippen LogP contribution in [0.15, 0.2) is 84.9 Å². The van der Waals surface area contributed by atoms with E-state index in [0.717, 1.165) is 61.2 Å². The molecule has 2 heterocycles. The standard InChI is InChI=1S/C29H26F3N3O/c30-29(31,32)22-12-9-20(10-13-22)25-6-2-3-7-26(25)28(36)34-23-15-17-35(18-16-23)19-24-14-11-21-5-1-4-8-27(21)33-24/h1-14,23H,15-19H2,(H,34,36). The van der Waals surface area contributed by atoms with E-state index in [1.807, 2.05) is 18.2 Å². The molecule has 0 saturated carbocycles. The lowest BCUT2D eigenvalue weighted by atomic mass is 9.97. The van der Waals surface area contributed by atoms with Crippen LogP contribution in [0.1, 0.15) is 34.5 Å². The van der Waals surface area contributed by atoms with Gasteiger partial charge in [0.15, 0.2) is 0 Å². The Bertz CT molecular complexity index is 1360. The Morgan fingerprint density at radius 3 is 2.33 bits per heavy atom. The molecular weight excluding hydrogens is 463 g/mol. The van der Waals surface area contributed by atoms with Crippen LogP contribution in [0, 0.1) is 0 Å². The number of carbonyl (C=O) groups is 1. The van der Waals surface area contributed by atoms with E-state index < -0.39 is 11.7 Å². The molecule has 0 bridgehead atoms. The van der Waals surface area contributed by atoms with Gasteiger partial charge in [0.05, 0.1) is 16.8 Å². The molecule has 1 aliphatic heterocycles. The van der Waals surface area contributed by atoms with Crippen molar-refractivity contribution in [3.8, 4) is 11.1 Å². The van der Waals surface area contributed by atoms with Crippen molar-refractivity contribution in [2.45, 2.75) is 31.6 Å². The van der Waals surface area contributed by atoms with Gasteiger partial charge in [-0.2, -0.15) is 13.2 Å². The molecule has 0 atom stereocenters. The van der Waals surface area contributed by atoms with E-state index in [-0.39, 0.29) is 11.9 Å². The third-order valence-electron chi connectivity index (χ3n) is 6.66. The van der Waals surface area contributed by atoms with Gasteiger partial charge in [-0.05, 0) is 54.3 Å². The smallest absolute Gasteiger partial charge is 0.349 e. The summed E-state index contributed by atoms with van der Waals surface area (Å²) >= 11 is 0. The first-order valence-corrected chi connectivity index (χ1v) is 12.0. The summed E-state index contributed by atoms with van der Waals surface area (Å²) in [6.45, 7) is 2.46. The van der Waals surface area contributed by atoms with Gasteiger partial charge >= 0.3 is 6.18 Å². The number of halogens is 3. The summed E-state index contributed by atoms with van der Waals surface area (Å²) in [7, 11) is 0. The summed E-state index contributed by atoms with van der Waals surface area (Å²) in [6, 6.07) is 24.2. The van der Waals surface area contributed by atoms with Crippen LogP contribution >= 0.6 is 0 Å². The van der Waals surface area contributed by atoms with Gasteiger partial charge in [0, 0.05) is 36.6 Å². The van der Waals surface area contributed by atoms with Crippen molar-refractivity contribution in [2.24, 2.45) is 0 Å². The van der Waals surface area contributed by atoms with Gasteiger partial charge in [-0.25, -0.2) is 0 Å². The highest BCUT2D eigenvalue weighted by atomic mass is 19.4. The van der Waals surface area contributed by atoms with Gasteiger partial charge in [0.1, 0.15) is 0 Å². The second kappa shape index (κ2) is 10.1. The highest BCUT2D eigenvalue weighted by Crippen LogP contribution is 2.32. The zero-order chi connectivity index (χ0) is 25.1. The van der Waals surface area contributed by atoms with Crippen LogP contribution in [0.2, 0.25) is 0 Å². The van der Waals surface area contributed by atoms with Gasteiger partial charge in [0.25, 0.3) is 5.91 Å². The van der Waals surface area contributed by atoms with E-state index >= 15 is 0 Å². The van der Waals surface area contributed by atoms with Crippen LogP contribution in [0.25, 0.3) is 22.0 Å². The Hall–Kier alpha value is -3.71. The van der Waals surface area contributed by atoms with Crippen molar-refractivity contribution in [2.75, 3.05) is 13.1 Å². The predicted octanol–water partition coefficient (Wildman–Crippen LogP) is 6.32. The Morgan fingerprint density at radius 1 is 0.889 bits per heavy atom. The third-order valence-corrected chi connectivity index (χ3v) is 6.66. The number of likely N-dealkylation sites (tertiary alicyclic amines) is 1. The van der Waals surface area contributed by atoms with Gasteiger partial charge in [-0.1, -0.05) is 54.6 Å². The van der Waals surface area contributed by atoms with Gasteiger partial charge < -0.3 is 5.32 Å². The minimum atomic E-state index is -4.39. The topological polar surface area (TPSA) is 45.2 Å². The maximum Gasteiger partial charge on any atom is 0.416 e. The SMILES string of the molecule is O=C(NC1CCN(Cc2ccc3ccccc3n2)CC1)c1ccccc1-c1ccc(C(F)(F)F)cc1. The second-order valence-electron chi connectivity index (χ2n) is 9.14. The number of carbonyl (C=O) groups excluding carboxylic acids is 1. The van der Waals surface area contributed by atoms with Crippen molar-refractivity contribution in [3.63, 3.8) is 0 Å².